The predicted octanol–water partition coefficient (Wildman–Crippen LogP) is 6.32. The van der Waals surface area contributed by atoms with E-state index in [0.29, 0.717) is 0 Å². The molecule has 2 rings (SSSR count). The molecule has 1 saturated carbocycles. The molecule has 1 fully saturated rings. The molecular weight excluding hydrogens is 394 g/mol. The Kier molecular flexibility index (Phi) is 8.38. The molecule has 0 unspecified atom stereocenters. The minimum atomic E-state index is -2.14. The average molecular weight is 434 g/mol. The lowest BCUT2D eigenvalue weighted by molar-refractivity contribution is -0.0684. The van der Waals surface area contributed by atoms with Gasteiger partial charge in [0.15, 0.2) is 8.32 Å². The first-order chi connectivity index (χ1) is 14.0. The van der Waals surface area contributed by atoms with Gasteiger partial charge >= 0.3 is 0 Å². The number of benzene rings is 1. The molecule has 1 aromatic rings. The van der Waals surface area contributed by atoms with E-state index in [1.54, 1.807) is 14.2 Å². The van der Waals surface area contributed by atoms with E-state index in [4.69, 9.17) is 18.6 Å². The third-order valence-corrected chi connectivity index (χ3v) is 11.1. The summed E-state index contributed by atoms with van der Waals surface area (Å²) in [5.41, 5.74) is 1.89. The standard InChI is InChI=1S/C24H39NO4Si/c1-17-21(26-5)15-18(16-22(17)27-6)23(29-30(7,8)24(2,3)4)20(13-14-25)28-19-11-9-10-12-19/h15-16,19-20,23H,9-13H2,1-8H3/t20-,23+/m0/s1. The Morgan fingerprint density at radius 2 is 1.63 bits per heavy atom. The molecule has 0 N–H and O–H groups in total. The third-order valence-electron chi connectivity index (χ3n) is 6.63. The second-order valence-corrected chi connectivity index (χ2v) is 14.5. The van der Waals surface area contributed by atoms with Crippen molar-refractivity contribution in [3.63, 3.8) is 0 Å². The highest BCUT2D eigenvalue weighted by Gasteiger charge is 2.42. The molecular formula is C24H39NO4Si. The van der Waals surface area contributed by atoms with E-state index in [-0.39, 0.29) is 29.8 Å². The van der Waals surface area contributed by atoms with Crippen LogP contribution in [0.15, 0.2) is 12.1 Å². The van der Waals surface area contributed by atoms with E-state index in [0.717, 1.165) is 35.5 Å². The number of hydrogen-bond donors (Lipinski definition) is 0. The van der Waals surface area contributed by atoms with Gasteiger partial charge in [-0.3, -0.25) is 0 Å². The molecule has 2 atom stereocenters. The van der Waals surface area contributed by atoms with Crippen LogP contribution in [-0.2, 0) is 9.16 Å². The first kappa shape index (κ1) is 24.7. The second-order valence-electron chi connectivity index (χ2n) is 9.79. The number of nitrogens with zero attached hydrogens (tertiary/aromatic N) is 1. The summed E-state index contributed by atoms with van der Waals surface area (Å²) in [6.07, 6.45) is 4.27. The molecule has 0 spiro atoms. The van der Waals surface area contributed by atoms with Crippen LogP contribution in [0.2, 0.25) is 18.1 Å². The lowest BCUT2D eigenvalue weighted by Gasteiger charge is -2.41. The molecule has 0 heterocycles. The van der Waals surface area contributed by atoms with Crippen LogP contribution in [0.25, 0.3) is 0 Å². The summed E-state index contributed by atoms with van der Waals surface area (Å²) in [6, 6.07) is 6.36. The molecule has 0 aromatic heterocycles. The van der Waals surface area contributed by atoms with E-state index in [2.05, 4.69) is 39.9 Å². The van der Waals surface area contributed by atoms with Crippen molar-refractivity contribution in [3.05, 3.63) is 23.3 Å². The number of ether oxygens (including phenoxy) is 3. The Morgan fingerprint density at radius 3 is 2.07 bits per heavy atom. The van der Waals surface area contributed by atoms with Crippen molar-refractivity contribution in [1.82, 2.24) is 0 Å². The van der Waals surface area contributed by atoms with Gasteiger partial charge in [-0.15, -0.1) is 0 Å². The summed E-state index contributed by atoms with van der Waals surface area (Å²) in [6.45, 7) is 13.1. The van der Waals surface area contributed by atoms with Crippen LogP contribution in [0.5, 0.6) is 11.5 Å². The van der Waals surface area contributed by atoms with Crippen molar-refractivity contribution >= 4 is 8.32 Å². The third kappa shape index (κ3) is 5.78. The predicted molar refractivity (Wildman–Crippen MR) is 123 cm³/mol. The van der Waals surface area contributed by atoms with Crippen molar-refractivity contribution in [2.75, 3.05) is 14.2 Å². The van der Waals surface area contributed by atoms with Gasteiger partial charge in [0, 0.05) is 5.56 Å². The van der Waals surface area contributed by atoms with Crippen molar-refractivity contribution in [1.29, 1.82) is 5.26 Å². The topological polar surface area (TPSA) is 60.7 Å². The van der Waals surface area contributed by atoms with Gasteiger partial charge in [0.2, 0.25) is 0 Å². The highest BCUT2D eigenvalue weighted by molar-refractivity contribution is 6.74. The van der Waals surface area contributed by atoms with Crippen LogP contribution in [0.4, 0.5) is 0 Å². The van der Waals surface area contributed by atoms with E-state index in [9.17, 15) is 5.26 Å². The van der Waals surface area contributed by atoms with Crippen LogP contribution in [0.3, 0.4) is 0 Å². The Balaban J connectivity index is 2.52. The molecule has 1 aliphatic carbocycles. The number of rotatable bonds is 9. The van der Waals surface area contributed by atoms with Crippen molar-refractivity contribution in [2.24, 2.45) is 0 Å². The van der Waals surface area contributed by atoms with Crippen LogP contribution < -0.4 is 9.47 Å². The number of methoxy groups -OCH3 is 2. The molecule has 0 radical (unpaired) electrons. The summed E-state index contributed by atoms with van der Waals surface area (Å²) in [7, 11) is 1.19. The lowest BCUT2D eigenvalue weighted by atomic mass is 9.99. The Morgan fingerprint density at radius 1 is 1.10 bits per heavy atom. The Bertz CT molecular complexity index is 720. The van der Waals surface area contributed by atoms with Gasteiger partial charge in [0.1, 0.15) is 11.5 Å². The highest BCUT2D eigenvalue weighted by Crippen LogP contribution is 2.43. The molecule has 1 aromatic carbocycles. The highest BCUT2D eigenvalue weighted by atomic mass is 28.4. The molecule has 1 aliphatic rings. The van der Waals surface area contributed by atoms with Gasteiger partial charge < -0.3 is 18.6 Å². The SMILES string of the molecule is COc1cc([C@@H](O[Si](C)(C)C(C)(C)C)[C@H](CC#N)OC2CCCC2)cc(OC)c1C. The van der Waals surface area contributed by atoms with Crippen LogP contribution in [0, 0.1) is 18.3 Å². The average Bonchev–Trinajstić information content (AvgIpc) is 3.18. The number of nitriles is 1. The van der Waals surface area contributed by atoms with Gasteiger partial charge in [0.25, 0.3) is 0 Å². The zero-order chi connectivity index (χ0) is 22.5. The van der Waals surface area contributed by atoms with E-state index >= 15 is 0 Å². The maximum absolute atomic E-state index is 9.59. The maximum Gasteiger partial charge on any atom is 0.193 e. The van der Waals surface area contributed by atoms with Crippen molar-refractivity contribution in [2.45, 2.75) is 96.2 Å². The quantitative estimate of drug-likeness (QED) is 0.427. The van der Waals surface area contributed by atoms with Crippen LogP contribution in [0.1, 0.15) is 70.1 Å². The van der Waals surface area contributed by atoms with Crippen molar-refractivity contribution in [3.8, 4) is 17.6 Å². The molecule has 0 amide bonds. The lowest BCUT2D eigenvalue weighted by Crippen LogP contribution is -2.44. The summed E-state index contributed by atoms with van der Waals surface area (Å²) in [4.78, 5) is 0. The summed E-state index contributed by atoms with van der Waals surface area (Å²) >= 11 is 0. The first-order valence-corrected chi connectivity index (χ1v) is 13.9. The van der Waals surface area contributed by atoms with Gasteiger partial charge in [-0.1, -0.05) is 33.6 Å². The monoisotopic (exact) mass is 433 g/mol. The summed E-state index contributed by atoms with van der Waals surface area (Å²) in [5, 5.41) is 9.62. The van der Waals surface area contributed by atoms with E-state index in [1.165, 1.54) is 12.8 Å². The summed E-state index contributed by atoms with van der Waals surface area (Å²) < 4.78 is 24.6. The maximum atomic E-state index is 9.59. The fourth-order valence-electron chi connectivity index (χ4n) is 3.71. The fourth-order valence-corrected chi connectivity index (χ4v) is 4.99. The molecule has 6 heteroatoms. The molecule has 168 valence electrons. The number of hydrogen-bond acceptors (Lipinski definition) is 5. The van der Waals surface area contributed by atoms with Crippen molar-refractivity contribution < 1.29 is 18.6 Å². The first-order valence-electron chi connectivity index (χ1n) is 11.0. The van der Waals surface area contributed by atoms with Gasteiger partial charge in [-0.05, 0) is 55.6 Å². The minimum Gasteiger partial charge on any atom is -0.496 e. The molecule has 0 saturated heterocycles. The van der Waals surface area contributed by atoms with Gasteiger partial charge in [-0.2, -0.15) is 5.26 Å². The fraction of sp³-hybridized carbons (Fsp3) is 0.708. The van der Waals surface area contributed by atoms with E-state index < -0.39 is 8.32 Å². The largest absolute Gasteiger partial charge is 0.496 e. The molecule has 5 nitrogen and oxygen atoms in total. The Hall–Kier alpha value is -1.55. The van der Waals surface area contributed by atoms with E-state index in [1.807, 2.05) is 19.1 Å². The zero-order valence-electron chi connectivity index (χ0n) is 20.0. The summed E-state index contributed by atoms with van der Waals surface area (Å²) in [5.74, 6) is 1.51. The van der Waals surface area contributed by atoms with Crippen LogP contribution >= 0.6 is 0 Å². The van der Waals surface area contributed by atoms with Crippen LogP contribution in [-0.4, -0.2) is 34.7 Å². The second kappa shape index (κ2) is 10.2. The van der Waals surface area contributed by atoms with Gasteiger partial charge in [0.05, 0.1) is 45.0 Å². The smallest absolute Gasteiger partial charge is 0.193 e. The normalized spacial score (nSPS) is 17.4. The Labute approximate surface area is 183 Å². The van der Waals surface area contributed by atoms with Gasteiger partial charge in [-0.25, -0.2) is 0 Å². The molecule has 30 heavy (non-hydrogen) atoms. The zero-order valence-corrected chi connectivity index (χ0v) is 21.0. The molecule has 0 bridgehead atoms. The molecule has 0 aliphatic heterocycles. The minimum absolute atomic E-state index is 0.0364.